The maximum absolute atomic E-state index is 12.6. The zero-order valence-electron chi connectivity index (χ0n) is 11.5. The van der Waals surface area contributed by atoms with Crippen LogP contribution in [0.15, 0.2) is 23.1 Å². The molecule has 1 saturated carbocycles. The van der Waals surface area contributed by atoms with Gasteiger partial charge in [-0.25, -0.2) is 8.42 Å². The van der Waals surface area contributed by atoms with E-state index in [1.807, 2.05) is 13.1 Å². The SMILES string of the molecule is CNCc1ccc(OC)c(S(=O)(=O)N(C)C2CC2)c1. The van der Waals surface area contributed by atoms with Gasteiger partial charge in [0.2, 0.25) is 10.0 Å². The van der Waals surface area contributed by atoms with Gasteiger partial charge in [-0.3, -0.25) is 0 Å². The maximum atomic E-state index is 12.6. The average Bonchev–Trinajstić information content (AvgIpc) is 3.22. The van der Waals surface area contributed by atoms with Crippen LogP contribution in [0.4, 0.5) is 0 Å². The molecule has 0 saturated heterocycles. The Morgan fingerprint density at radius 2 is 2.11 bits per heavy atom. The van der Waals surface area contributed by atoms with E-state index in [4.69, 9.17) is 4.74 Å². The smallest absolute Gasteiger partial charge is 0.246 e. The summed E-state index contributed by atoms with van der Waals surface area (Å²) in [6.45, 7) is 0.625. The molecule has 1 aliphatic rings. The van der Waals surface area contributed by atoms with Crippen molar-refractivity contribution in [1.29, 1.82) is 0 Å². The Morgan fingerprint density at radius 1 is 1.42 bits per heavy atom. The standard InChI is InChI=1S/C13H20N2O3S/c1-14-9-10-4-7-12(18-3)13(8-10)19(16,17)15(2)11-5-6-11/h4,7-8,11,14H,5-6,9H2,1-3H3. The van der Waals surface area contributed by atoms with Gasteiger partial charge in [-0.05, 0) is 37.6 Å². The number of benzene rings is 1. The van der Waals surface area contributed by atoms with E-state index >= 15 is 0 Å². The van der Waals surface area contributed by atoms with Crippen molar-refractivity contribution in [3.8, 4) is 5.75 Å². The highest BCUT2D eigenvalue weighted by molar-refractivity contribution is 7.89. The summed E-state index contributed by atoms with van der Waals surface area (Å²) in [6, 6.07) is 5.40. The molecule has 1 aromatic rings. The molecule has 1 fully saturated rings. The van der Waals surface area contributed by atoms with Gasteiger partial charge in [-0.15, -0.1) is 0 Å². The van der Waals surface area contributed by atoms with Crippen LogP contribution in [0.5, 0.6) is 5.75 Å². The summed E-state index contributed by atoms with van der Waals surface area (Å²) in [7, 11) is 1.47. The molecule has 0 aliphatic heterocycles. The molecule has 0 radical (unpaired) electrons. The first-order chi connectivity index (χ1) is 9.00. The van der Waals surface area contributed by atoms with Crippen molar-refractivity contribution in [2.24, 2.45) is 0 Å². The summed E-state index contributed by atoms with van der Waals surface area (Å²) in [5.41, 5.74) is 0.922. The maximum Gasteiger partial charge on any atom is 0.246 e. The summed E-state index contributed by atoms with van der Waals surface area (Å²) in [5.74, 6) is 0.396. The van der Waals surface area contributed by atoms with Gasteiger partial charge in [0.15, 0.2) is 0 Å². The Labute approximate surface area is 114 Å². The molecule has 5 nitrogen and oxygen atoms in total. The second-order valence-corrected chi connectivity index (χ2v) is 6.73. The van der Waals surface area contributed by atoms with E-state index in [1.54, 1.807) is 19.2 Å². The number of rotatable bonds is 6. The Morgan fingerprint density at radius 3 is 2.63 bits per heavy atom. The number of nitrogens with zero attached hydrogens (tertiary/aromatic N) is 1. The van der Waals surface area contributed by atoms with Gasteiger partial charge in [-0.1, -0.05) is 6.07 Å². The lowest BCUT2D eigenvalue weighted by atomic mass is 10.2. The van der Waals surface area contributed by atoms with Crippen molar-refractivity contribution >= 4 is 10.0 Å². The second-order valence-electron chi connectivity index (χ2n) is 4.77. The normalized spacial score (nSPS) is 15.8. The highest BCUT2D eigenvalue weighted by Crippen LogP contribution is 2.34. The van der Waals surface area contributed by atoms with Crippen LogP contribution in [-0.2, 0) is 16.6 Å². The van der Waals surface area contributed by atoms with Crippen molar-refractivity contribution in [2.45, 2.75) is 30.3 Å². The van der Waals surface area contributed by atoms with E-state index in [1.165, 1.54) is 11.4 Å². The fourth-order valence-corrected chi connectivity index (χ4v) is 3.65. The number of nitrogens with one attached hydrogen (secondary N) is 1. The van der Waals surface area contributed by atoms with Gasteiger partial charge in [0.25, 0.3) is 0 Å². The van der Waals surface area contributed by atoms with Crippen molar-refractivity contribution in [3.05, 3.63) is 23.8 Å². The lowest BCUT2D eigenvalue weighted by Gasteiger charge is -2.19. The van der Waals surface area contributed by atoms with Crippen molar-refractivity contribution in [2.75, 3.05) is 21.2 Å². The van der Waals surface area contributed by atoms with E-state index in [-0.39, 0.29) is 10.9 Å². The minimum atomic E-state index is -3.48. The molecule has 1 aromatic carbocycles. The summed E-state index contributed by atoms with van der Waals surface area (Å²) in [6.07, 6.45) is 1.88. The van der Waals surface area contributed by atoms with Crippen LogP contribution in [-0.4, -0.2) is 40.0 Å². The molecule has 106 valence electrons. The molecule has 0 heterocycles. The molecule has 0 aromatic heterocycles. The van der Waals surface area contributed by atoms with Gasteiger partial charge >= 0.3 is 0 Å². The number of hydrogen-bond acceptors (Lipinski definition) is 4. The van der Waals surface area contributed by atoms with E-state index in [0.29, 0.717) is 12.3 Å². The molecule has 1 aliphatic carbocycles. The van der Waals surface area contributed by atoms with Crippen LogP contribution in [0, 0.1) is 0 Å². The predicted octanol–water partition coefficient (Wildman–Crippen LogP) is 1.20. The topological polar surface area (TPSA) is 58.6 Å². The van der Waals surface area contributed by atoms with Crippen molar-refractivity contribution < 1.29 is 13.2 Å². The molecule has 0 bridgehead atoms. The Bertz CT molecular complexity index is 553. The molecule has 0 atom stereocenters. The van der Waals surface area contributed by atoms with Crippen LogP contribution in [0.2, 0.25) is 0 Å². The Balaban J connectivity index is 2.43. The number of methoxy groups -OCH3 is 1. The molecule has 2 rings (SSSR count). The van der Waals surface area contributed by atoms with E-state index < -0.39 is 10.0 Å². The molecule has 0 amide bonds. The van der Waals surface area contributed by atoms with E-state index in [9.17, 15) is 8.42 Å². The molecule has 19 heavy (non-hydrogen) atoms. The van der Waals surface area contributed by atoms with Gasteiger partial charge in [0, 0.05) is 19.6 Å². The van der Waals surface area contributed by atoms with E-state index in [0.717, 1.165) is 18.4 Å². The molecule has 1 N–H and O–H groups in total. The lowest BCUT2D eigenvalue weighted by molar-refractivity contribution is 0.397. The quantitative estimate of drug-likeness (QED) is 0.852. The summed E-state index contributed by atoms with van der Waals surface area (Å²) in [5, 5.41) is 3.02. The lowest BCUT2D eigenvalue weighted by Crippen LogP contribution is -2.29. The third kappa shape index (κ3) is 2.91. The van der Waals surface area contributed by atoms with Crippen LogP contribution >= 0.6 is 0 Å². The largest absolute Gasteiger partial charge is 0.495 e. The first kappa shape index (κ1) is 14.3. The number of ether oxygens (including phenoxy) is 1. The minimum Gasteiger partial charge on any atom is -0.495 e. The van der Waals surface area contributed by atoms with Crippen LogP contribution in [0.25, 0.3) is 0 Å². The number of hydrogen-bond donors (Lipinski definition) is 1. The molecular weight excluding hydrogens is 264 g/mol. The fraction of sp³-hybridized carbons (Fsp3) is 0.538. The van der Waals surface area contributed by atoms with Crippen molar-refractivity contribution in [1.82, 2.24) is 9.62 Å². The summed E-state index contributed by atoms with van der Waals surface area (Å²) in [4.78, 5) is 0.247. The third-order valence-corrected chi connectivity index (χ3v) is 5.26. The van der Waals surface area contributed by atoms with Crippen LogP contribution in [0.3, 0.4) is 0 Å². The number of sulfonamides is 1. The van der Waals surface area contributed by atoms with Crippen molar-refractivity contribution in [3.63, 3.8) is 0 Å². The van der Waals surface area contributed by atoms with E-state index in [2.05, 4.69) is 5.32 Å². The highest BCUT2D eigenvalue weighted by atomic mass is 32.2. The van der Waals surface area contributed by atoms with Gasteiger partial charge < -0.3 is 10.1 Å². The molecule has 6 heteroatoms. The molecule has 0 unspecified atom stereocenters. The Kier molecular flexibility index (Phi) is 4.13. The fourth-order valence-electron chi connectivity index (χ4n) is 2.03. The molecular formula is C13H20N2O3S. The first-order valence-corrected chi connectivity index (χ1v) is 7.74. The van der Waals surface area contributed by atoms with Gasteiger partial charge in [0.05, 0.1) is 7.11 Å². The van der Waals surface area contributed by atoms with Crippen LogP contribution in [0.1, 0.15) is 18.4 Å². The third-order valence-electron chi connectivity index (χ3n) is 3.33. The summed E-state index contributed by atoms with van der Waals surface area (Å²) >= 11 is 0. The second kappa shape index (κ2) is 5.48. The van der Waals surface area contributed by atoms with Gasteiger partial charge in [-0.2, -0.15) is 4.31 Å². The average molecular weight is 284 g/mol. The zero-order valence-corrected chi connectivity index (χ0v) is 12.3. The molecule has 0 spiro atoms. The Hall–Kier alpha value is -1.11. The summed E-state index contributed by atoms with van der Waals surface area (Å²) < 4.78 is 31.8. The zero-order chi connectivity index (χ0) is 14.0. The minimum absolute atomic E-state index is 0.141. The van der Waals surface area contributed by atoms with Crippen LogP contribution < -0.4 is 10.1 Å². The highest BCUT2D eigenvalue weighted by Gasteiger charge is 2.36. The predicted molar refractivity (Wildman–Crippen MR) is 73.7 cm³/mol. The monoisotopic (exact) mass is 284 g/mol. The first-order valence-electron chi connectivity index (χ1n) is 6.30. The van der Waals surface area contributed by atoms with Gasteiger partial charge in [0.1, 0.15) is 10.6 Å².